The van der Waals surface area contributed by atoms with E-state index in [4.69, 9.17) is 18.0 Å². The summed E-state index contributed by atoms with van der Waals surface area (Å²) < 4.78 is 25.5. The van der Waals surface area contributed by atoms with E-state index in [1.807, 2.05) is 0 Å². The van der Waals surface area contributed by atoms with Crippen molar-refractivity contribution in [3.63, 3.8) is 0 Å². The molecule has 2 N–H and O–H groups in total. The van der Waals surface area contributed by atoms with Crippen molar-refractivity contribution in [1.29, 1.82) is 0 Å². The number of hydrogen-bond donors (Lipinski definition) is 1. The van der Waals surface area contributed by atoms with Crippen molar-refractivity contribution in [2.24, 2.45) is 5.73 Å². The van der Waals surface area contributed by atoms with Crippen molar-refractivity contribution in [3.8, 4) is 0 Å². The summed E-state index contributed by atoms with van der Waals surface area (Å²) in [7, 11) is -3.15. The molecule has 0 bridgehead atoms. The van der Waals surface area contributed by atoms with Gasteiger partial charge in [-0.15, -0.1) is 0 Å². The number of rotatable bonds is 6. The van der Waals surface area contributed by atoms with Crippen LogP contribution in [0.5, 0.6) is 0 Å². The van der Waals surface area contributed by atoms with Crippen LogP contribution >= 0.6 is 12.2 Å². The van der Waals surface area contributed by atoms with Crippen molar-refractivity contribution in [3.05, 3.63) is 0 Å². The summed E-state index contributed by atoms with van der Waals surface area (Å²) >= 11 is 4.77. The zero-order chi connectivity index (χ0) is 11.6. The van der Waals surface area contributed by atoms with Crippen LogP contribution in [-0.4, -0.2) is 35.5 Å². The Hall–Kier alpha value is -0.200. The molecule has 0 radical (unpaired) electrons. The fraction of sp³-hybridized carbons (Fsp3) is 0.889. The second-order valence-corrected chi connectivity index (χ2v) is 7.12. The molecule has 1 saturated carbocycles. The second kappa shape index (κ2) is 4.76. The third kappa shape index (κ3) is 3.39. The van der Waals surface area contributed by atoms with E-state index in [-0.39, 0.29) is 11.3 Å². The quantitative estimate of drug-likeness (QED) is 0.710. The van der Waals surface area contributed by atoms with Crippen LogP contribution in [0.4, 0.5) is 0 Å². The summed E-state index contributed by atoms with van der Waals surface area (Å²) in [6.45, 7) is 3.83. The third-order valence-corrected chi connectivity index (χ3v) is 4.99. The number of nitrogens with two attached hydrogens (primary N) is 1. The van der Waals surface area contributed by atoms with Gasteiger partial charge in [0, 0.05) is 19.0 Å². The Morgan fingerprint density at radius 2 is 2.07 bits per heavy atom. The van der Waals surface area contributed by atoms with Crippen molar-refractivity contribution in [2.45, 2.75) is 44.4 Å². The number of sulfonamides is 1. The topological polar surface area (TPSA) is 63.4 Å². The Labute approximate surface area is 96.9 Å². The highest BCUT2D eigenvalue weighted by molar-refractivity contribution is 7.89. The Morgan fingerprint density at radius 3 is 2.40 bits per heavy atom. The van der Waals surface area contributed by atoms with E-state index in [9.17, 15) is 8.42 Å². The van der Waals surface area contributed by atoms with E-state index >= 15 is 0 Å². The molecule has 0 atom stereocenters. The zero-order valence-corrected chi connectivity index (χ0v) is 10.8. The van der Waals surface area contributed by atoms with Crippen LogP contribution in [0.2, 0.25) is 0 Å². The van der Waals surface area contributed by atoms with Crippen molar-refractivity contribution >= 4 is 27.2 Å². The molecule has 0 aliphatic heterocycles. The minimum absolute atomic E-state index is 0.187. The van der Waals surface area contributed by atoms with Crippen molar-refractivity contribution in [2.75, 3.05) is 6.54 Å². The van der Waals surface area contributed by atoms with Gasteiger partial charge in [-0.1, -0.05) is 12.2 Å². The van der Waals surface area contributed by atoms with Gasteiger partial charge in [-0.05, 0) is 26.7 Å². The lowest BCUT2D eigenvalue weighted by Gasteiger charge is -2.23. The smallest absolute Gasteiger partial charge is 0.216 e. The van der Waals surface area contributed by atoms with Gasteiger partial charge in [0.25, 0.3) is 0 Å². The van der Waals surface area contributed by atoms with Crippen LogP contribution in [0.1, 0.15) is 33.1 Å². The summed E-state index contributed by atoms with van der Waals surface area (Å²) in [5, 5.41) is -0.371. The van der Waals surface area contributed by atoms with Crippen LogP contribution in [0.3, 0.4) is 0 Å². The van der Waals surface area contributed by atoms with Crippen molar-refractivity contribution in [1.82, 2.24) is 4.31 Å². The Bertz CT molecular complexity index is 334. The normalized spacial score (nSPS) is 17.3. The fourth-order valence-corrected chi connectivity index (χ4v) is 2.98. The highest BCUT2D eigenvalue weighted by Gasteiger charge is 2.38. The van der Waals surface area contributed by atoms with E-state index in [0.29, 0.717) is 18.0 Å². The van der Waals surface area contributed by atoms with Gasteiger partial charge >= 0.3 is 0 Å². The number of hydrogen-bond acceptors (Lipinski definition) is 3. The molecule has 4 nitrogen and oxygen atoms in total. The van der Waals surface area contributed by atoms with E-state index in [2.05, 4.69) is 0 Å². The largest absolute Gasteiger partial charge is 0.393 e. The average molecular weight is 250 g/mol. The molecule has 1 fully saturated rings. The van der Waals surface area contributed by atoms with Crippen molar-refractivity contribution < 1.29 is 8.42 Å². The van der Waals surface area contributed by atoms with Crippen LogP contribution in [0.25, 0.3) is 0 Å². The lowest BCUT2D eigenvalue weighted by Crippen LogP contribution is -2.39. The molecule has 0 aromatic carbocycles. The van der Waals surface area contributed by atoms with Gasteiger partial charge in [0.15, 0.2) is 0 Å². The first-order valence-electron chi connectivity index (χ1n) is 5.14. The van der Waals surface area contributed by atoms with Gasteiger partial charge in [-0.2, -0.15) is 4.31 Å². The molecule has 6 heteroatoms. The molecule has 0 unspecified atom stereocenters. The molecule has 15 heavy (non-hydrogen) atoms. The first kappa shape index (κ1) is 12.9. The van der Waals surface area contributed by atoms with Gasteiger partial charge in [0.05, 0.1) is 10.2 Å². The van der Waals surface area contributed by atoms with Crippen LogP contribution in [0, 0.1) is 0 Å². The van der Waals surface area contributed by atoms with E-state index < -0.39 is 10.0 Å². The summed E-state index contributed by atoms with van der Waals surface area (Å²) in [6.07, 6.45) is 2.39. The summed E-state index contributed by atoms with van der Waals surface area (Å²) in [4.78, 5) is 0.375. The summed E-state index contributed by atoms with van der Waals surface area (Å²) in [5.74, 6) is 0. The monoisotopic (exact) mass is 250 g/mol. The molecule has 1 rings (SSSR count). The van der Waals surface area contributed by atoms with E-state index in [1.54, 1.807) is 18.2 Å². The Morgan fingerprint density at radius 1 is 1.53 bits per heavy atom. The molecule has 1 aliphatic carbocycles. The second-order valence-electron chi connectivity index (χ2n) is 4.15. The lowest BCUT2D eigenvalue weighted by molar-refractivity contribution is 0.408. The van der Waals surface area contributed by atoms with Crippen LogP contribution in [0.15, 0.2) is 0 Å². The molecule has 0 aromatic heterocycles. The maximum absolute atomic E-state index is 12.0. The van der Waals surface area contributed by atoms with Crippen LogP contribution < -0.4 is 5.73 Å². The molecular weight excluding hydrogens is 232 g/mol. The summed E-state index contributed by atoms with van der Waals surface area (Å²) in [6, 6.07) is 0.187. The molecule has 0 spiro atoms. The van der Waals surface area contributed by atoms with Crippen LogP contribution in [-0.2, 0) is 10.0 Å². The van der Waals surface area contributed by atoms with Gasteiger partial charge in [0.2, 0.25) is 10.0 Å². The van der Waals surface area contributed by atoms with Gasteiger partial charge < -0.3 is 5.73 Å². The minimum Gasteiger partial charge on any atom is -0.393 e. The minimum atomic E-state index is -3.15. The zero-order valence-electron chi connectivity index (χ0n) is 9.14. The first-order chi connectivity index (χ1) is 6.85. The Balaban J connectivity index is 2.69. The molecule has 0 heterocycles. The number of thiocarbonyl (C=S) groups is 1. The maximum Gasteiger partial charge on any atom is 0.216 e. The van der Waals surface area contributed by atoms with Gasteiger partial charge in [0.1, 0.15) is 0 Å². The molecular formula is C9H18N2O2S2. The molecule has 0 aromatic rings. The SMILES string of the molecule is CC(C)S(=O)(=O)N(CCC(N)=S)C1CC1. The third-order valence-electron chi connectivity index (χ3n) is 2.46. The van der Waals surface area contributed by atoms with Gasteiger partial charge in [-0.25, -0.2) is 8.42 Å². The average Bonchev–Trinajstić information content (AvgIpc) is 2.87. The molecule has 88 valence electrons. The van der Waals surface area contributed by atoms with Gasteiger partial charge in [-0.3, -0.25) is 0 Å². The first-order valence-corrected chi connectivity index (χ1v) is 7.06. The molecule has 0 amide bonds. The molecule has 1 aliphatic rings. The Kier molecular flexibility index (Phi) is 4.08. The van der Waals surface area contributed by atoms with E-state index in [1.165, 1.54) is 0 Å². The predicted molar refractivity (Wildman–Crippen MR) is 65.2 cm³/mol. The highest BCUT2D eigenvalue weighted by Crippen LogP contribution is 2.30. The fourth-order valence-electron chi connectivity index (χ4n) is 1.37. The lowest BCUT2D eigenvalue weighted by atomic mass is 10.4. The number of nitrogens with zero attached hydrogens (tertiary/aromatic N) is 1. The van der Waals surface area contributed by atoms with E-state index in [0.717, 1.165) is 12.8 Å². The summed E-state index contributed by atoms with van der Waals surface area (Å²) in [5.41, 5.74) is 5.39. The maximum atomic E-state index is 12.0. The highest BCUT2D eigenvalue weighted by atomic mass is 32.2. The molecule has 0 saturated heterocycles. The standard InChI is InChI=1S/C9H18N2O2S2/c1-7(2)15(12,13)11(8-3-4-8)6-5-9(10)14/h7-8H,3-6H2,1-2H3,(H2,10,14). The predicted octanol–water partition coefficient (Wildman–Crippen LogP) is 0.865.